The normalized spacial score (nSPS) is 19.0. The van der Waals surface area contributed by atoms with E-state index in [1.165, 1.54) is 37.4 Å². The van der Waals surface area contributed by atoms with Gasteiger partial charge in [0.15, 0.2) is 5.82 Å². The van der Waals surface area contributed by atoms with Crippen molar-refractivity contribution >= 4 is 39.0 Å². The molecule has 36 heavy (non-hydrogen) atoms. The molecule has 0 aromatic carbocycles. The Balaban J connectivity index is 1.15. The van der Waals surface area contributed by atoms with Gasteiger partial charge in [0.2, 0.25) is 5.95 Å². The van der Waals surface area contributed by atoms with Gasteiger partial charge in [-0.05, 0) is 55.0 Å². The molecule has 1 aliphatic carbocycles. The molecule has 6 heterocycles. The number of thiophene rings is 1. The highest BCUT2D eigenvalue weighted by Gasteiger charge is 2.47. The first-order chi connectivity index (χ1) is 17.6. The van der Waals surface area contributed by atoms with Crippen molar-refractivity contribution in [3.8, 4) is 10.6 Å². The van der Waals surface area contributed by atoms with E-state index < -0.39 is 5.82 Å². The maximum Gasteiger partial charge on any atom is 0.229 e. The predicted molar refractivity (Wildman–Crippen MR) is 142 cm³/mol. The van der Waals surface area contributed by atoms with Crippen molar-refractivity contribution < 1.29 is 4.39 Å². The monoisotopic (exact) mass is 501 g/mol. The zero-order valence-corrected chi connectivity index (χ0v) is 21.0. The molecular formula is C27H28FN7S. The molecule has 7 rings (SSSR count). The number of rotatable bonds is 5. The molecule has 0 amide bonds. The van der Waals surface area contributed by atoms with Gasteiger partial charge in [0, 0.05) is 37.8 Å². The molecule has 7 nitrogen and oxygen atoms in total. The second-order valence-electron chi connectivity index (χ2n) is 10.5. The fraction of sp³-hybridized carbons (Fsp3) is 0.407. The van der Waals surface area contributed by atoms with Crippen LogP contribution in [-0.2, 0) is 0 Å². The minimum Gasteiger partial charge on any atom is -0.369 e. The Morgan fingerprint density at radius 3 is 2.64 bits per heavy atom. The Hall–Kier alpha value is -3.17. The van der Waals surface area contributed by atoms with E-state index in [1.807, 2.05) is 25.4 Å². The molecule has 9 heteroatoms. The van der Waals surface area contributed by atoms with Crippen LogP contribution in [0, 0.1) is 18.2 Å². The molecule has 0 unspecified atom stereocenters. The number of fused-ring (bicyclic) bond motifs is 1. The summed E-state index contributed by atoms with van der Waals surface area (Å²) in [7, 11) is 0. The number of nitrogens with one attached hydrogen (secondary N) is 2. The minimum atomic E-state index is -0.432. The van der Waals surface area contributed by atoms with Crippen LogP contribution in [0.2, 0.25) is 0 Å². The second-order valence-corrected chi connectivity index (χ2v) is 11.5. The largest absolute Gasteiger partial charge is 0.369 e. The van der Waals surface area contributed by atoms with E-state index in [9.17, 15) is 4.39 Å². The average Bonchev–Trinajstić information content (AvgIpc) is 3.48. The molecular weight excluding hydrogens is 473 g/mol. The summed E-state index contributed by atoms with van der Waals surface area (Å²) >= 11 is 1.59. The topological polar surface area (TPSA) is 78.9 Å². The van der Waals surface area contributed by atoms with Gasteiger partial charge in [-0.2, -0.15) is 0 Å². The van der Waals surface area contributed by atoms with Crippen molar-refractivity contribution in [1.82, 2.24) is 25.3 Å². The number of anilines is 3. The summed E-state index contributed by atoms with van der Waals surface area (Å²) < 4.78 is 16.2. The first-order valence-corrected chi connectivity index (χ1v) is 13.5. The lowest BCUT2D eigenvalue weighted by Gasteiger charge is -2.57. The highest BCUT2D eigenvalue weighted by molar-refractivity contribution is 7.22. The maximum absolute atomic E-state index is 15.0. The van der Waals surface area contributed by atoms with Crippen molar-refractivity contribution in [3.63, 3.8) is 0 Å². The van der Waals surface area contributed by atoms with Gasteiger partial charge >= 0.3 is 0 Å². The van der Waals surface area contributed by atoms with Crippen molar-refractivity contribution in [1.29, 1.82) is 0 Å². The first kappa shape index (κ1) is 22.1. The van der Waals surface area contributed by atoms with Crippen LogP contribution in [-0.4, -0.2) is 46.1 Å². The highest BCUT2D eigenvalue weighted by Crippen LogP contribution is 2.44. The molecule has 2 saturated heterocycles. The van der Waals surface area contributed by atoms with Gasteiger partial charge in [-0.3, -0.25) is 4.98 Å². The molecule has 4 aromatic rings. The summed E-state index contributed by atoms with van der Waals surface area (Å²) in [5.41, 5.74) is 5.15. The van der Waals surface area contributed by atoms with Gasteiger partial charge < -0.3 is 15.5 Å². The summed E-state index contributed by atoms with van der Waals surface area (Å²) in [4.78, 5) is 21.1. The molecule has 1 saturated carbocycles. The summed E-state index contributed by atoms with van der Waals surface area (Å²) in [5.74, 6) is 1.10. The third-order valence-corrected chi connectivity index (χ3v) is 9.33. The van der Waals surface area contributed by atoms with Gasteiger partial charge in [-0.1, -0.05) is 12.8 Å². The number of hydrogen-bond donors (Lipinski definition) is 2. The standard InChI is InChI=1S/C27H28FN7S/c1-16-22-25(19(8-9-30-22)17-4-2-3-5-17)36-24(16)23-20(28)11-32-26(34-23)33-21-7-6-18(10-31-21)35-14-27(15-35)12-29-13-27/h6-11,17,29H,2-5,12-15H2,1H3,(H,31,32,33,34). The lowest BCUT2D eigenvalue weighted by atomic mass is 9.74. The zero-order valence-electron chi connectivity index (χ0n) is 20.2. The molecule has 0 radical (unpaired) electrons. The number of hydrogen-bond acceptors (Lipinski definition) is 8. The number of halogens is 1. The van der Waals surface area contributed by atoms with Gasteiger partial charge in [0.05, 0.1) is 33.2 Å². The minimum absolute atomic E-state index is 0.307. The van der Waals surface area contributed by atoms with E-state index in [0.717, 1.165) is 52.5 Å². The Morgan fingerprint density at radius 2 is 1.92 bits per heavy atom. The van der Waals surface area contributed by atoms with Gasteiger partial charge in [0.25, 0.3) is 0 Å². The second kappa shape index (κ2) is 8.45. The fourth-order valence-electron chi connectivity index (χ4n) is 5.90. The third-order valence-electron chi connectivity index (χ3n) is 7.99. The van der Waals surface area contributed by atoms with Crippen LogP contribution in [0.25, 0.3) is 20.8 Å². The van der Waals surface area contributed by atoms with Crippen molar-refractivity contribution in [2.24, 2.45) is 5.41 Å². The Kier molecular flexibility index (Phi) is 5.18. The van der Waals surface area contributed by atoms with Crippen LogP contribution < -0.4 is 15.5 Å². The van der Waals surface area contributed by atoms with Gasteiger partial charge in [0.1, 0.15) is 11.5 Å². The van der Waals surface area contributed by atoms with E-state index in [0.29, 0.717) is 28.8 Å². The molecule has 0 bridgehead atoms. The highest BCUT2D eigenvalue weighted by atomic mass is 32.1. The molecule has 1 spiro atoms. The van der Waals surface area contributed by atoms with E-state index in [2.05, 4.69) is 47.6 Å². The van der Waals surface area contributed by atoms with E-state index in [1.54, 1.807) is 11.3 Å². The summed E-state index contributed by atoms with van der Waals surface area (Å²) in [6.07, 6.45) is 9.96. The predicted octanol–water partition coefficient (Wildman–Crippen LogP) is 5.41. The maximum atomic E-state index is 15.0. The Bertz CT molecular complexity index is 1430. The molecule has 3 fully saturated rings. The van der Waals surface area contributed by atoms with Gasteiger partial charge in [-0.15, -0.1) is 11.3 Å². The molecule has 4 aromatic heterocycles. The SMILES string of the molecule is Cc1c(-c2nc(Nc3ccc(N4CC5(CNC5)C4)cn3)ncc2F)sc2c(C3CCCC3)ccnc12. The molecule has 184 valence electrons. The molecule has 3 aliphatic rings. The van der Waals surface area contributed by atoms with Gasteiger partial charge in [-0.25, -0.2) is 19.3 Å². The quantitative estimate of drug-likeness (QED) is 0.379. The van der Waals surface area contributed by atoms with Crippen LogP contribution in [0.5, 0.6) is 0 Å². The summed E-state index contributed by atoms with van der Waals surface area (Å²) in [5, 5.41) is 6.52. The lowest BCUT2D eigenvalue weighted by Crippen LogP contribution is -2.71. The van der Waals surface area contributed by atoms with E-state index >= 15 is 0 Å². The fourth-order valence-corrected chi connectivity index (χ4v) is 7.25. The zero-order chi connectivity index (χ0) is 24.3. The first-order valence-electron chi connectivity index (χ1n) is 12.7. The van der Waals surface area contributed by atoms with Crippen LogP contribution in [0.1, 0.15) is 42.7 Å². The Morgan fingerprint density at radius 1 is 1.08 bits per heavy atom. The van der Waals surface area contributed by atoms with Crippen molar-refractivity contribution in [3.05, 3.63) is 53.7 Å². The number of aryl methyl sites for hydroxylation is 1. The number of aromatic nitrogens is 4. The smallest absolute Gasteiger partial charge is 0.229 e. The van der Waals surface area contributed by atoms with Crippen LogP contribution in [0.15, 0.2) is 36.8 Å². The number of nitrogens with zero attached hydrogens (tertiary/aromatic N) is 5. The van der Waals surface area contributed by atoms with Crippen LogP contribution in [0.4, 0.5) is 21.8 Å². The van der Waals surface area contributed by atoms with E-state index in [-0.39, 0.29) is 0 Å². The summed E-state index contributed by atoms with van der Waals surface area (Å²) in [6, 6.07) is 6.12. The average molecular weight is 502 g/mol. The Labute approximate surface area is 213 Å². The summed E-state index contributed by atoms with van der Waals surface area (Å²) in [6.45, 7) is 6.37. The van der Waals surface area contributed by atoms with Crippen molar-refractivity contribution in [2.75, 3.05) is 36.4 Å². The van der Waals surface area contributed by atoms with Crippen molar-refractivity contribution in [2.45, 2.75) is 38.5 Å². The van der Waals surface area contributed by atoms with E-state index in [4.69, 9.17) is 0 Å². The molecule has 0 atom stereocenters. The van der Waals surface area contributed by atoms with Crippen LogP contribution in [0.3, 0.4) is 0 Å². The number of pyridine rings is 2. The third kappa shape index (κ3) is 3.64. The molecule has 2 N–H and O–H groups in total. The molecule has 2 aliphatic heterocycles. The van der Waals surface area contributed by atoms with Crippen LogP contribution >= 0.6 is 11.3 Å². The lowest BCUT2D eigenvalue weighted by molar-refractivity contribution is 0.121.